The summed E-state index contributed by atoms with van der Waals surface area (Å²) in [5.74, 6) is 0.429. The topological polar surface area (TPSA) is 29.5 Å². The van der Waals surface area contributed by atoms with Crippen molar-refractivity contribution in [3.05, 3.63) is 29.3 Å². The smallest absolute Gasteiger partial charge is 0.263 e. The molecule has 0 atom stereocenters. The maximum atomic E-state index is 12.5. The summed E-state index contributed by atoms with van der Waals surface area (Å²) in [6.07, 6.45) is -0.480. The van der Waals surface area contributed by atoms with Crippen LogP contribution in [-0.2, 0) is 6.42 Å². The molecule has 16 heavy (non-hydrogen) atoms. The first-order valence-electron chi connectivity index (χ1n) is 5.21. The normalized spacial score (nSPS) is 17.6. The molecule has 2 nitrogen and oxygen atoms in total. The fraction of sp³-hybridized carbons (Fsp3) is 0.500. The molecule has 0 unspecified atom stereocenters. The highest BCUT2D eigenvalue weighted by Crippen LogP contribution is 2.40. The van der Waals surface area contributed by atoms with Crippen LogP contribution in [0.4, 0.5) is 8.78 Å². The van der Waals surface area contributed by atoms with Gasteiger partial charge < -0.3 is 9.84 Å². The van der Waals surface area contributed by atoms with E-state index in [4.69, 9.17) is 4.74 Å². The minimum absolute atomic E-state index is 0.0524. The lowest BCUT2D eigenvalue weighted by atomic mass is 10.0. The van der Waals surface area contributed by atoms with Gasteiger partial charge in [0.05, 0.1) is 12.7 Å². The lowest BCUT2D eigenvalue weighted by molar-refractivity contribution is 0.148. The standard InChI is InChI=1S/C12H14F2O2/c1-16-10-6-8(11(13)14)2-3-9(10)7-12(15)4-5-12/h2-3,6,11,15H,4-5,7H2,1H3. The Morgan fingerprint density at radius 2 is 2.12 bits per heavy atom. The molecule has 1 fully saturated rings. The van der Waals surface area contributed by atoms with Crippen molar-refractivity contribution in [2.75, 3.05) is 7.11 Å². The van der Waals surface area contributed by atoms with Crippen LogP contribution < -0.4 is 4.74 Å². The molecule has 0 amide bonds. The van der Waals surface area contributed by atoms with E-state index in [-0.39, 0.29) is 5.56 Å². The number of ether oxygens (including phenoxy) is 1. The Labute approximate surface area is 92.9 Å². The zero-order valence-electron chi connectivity index (χ0n) is 9.04. The lowest BCUT2D eigenvalue weighted by Crippen LogP contribution is -2.11. The number of methoxy groups -OCH3 is 1. The van der Waals surface area contributed by atoms with Gasteiger partial charge in [0.1, 0.15) is 5.75 Å². The molecule has 0 bridgehead atoms. The summed E-state index contributed by atoms with van der Waals surface area (Å²) in [6.45, 7) is 0. The third-order valence-corrected chi connectivity index (χ3v) is 2.91. The molecule has 1 saturated carbocycles. The van der Waals surface area contributed by atoms with Gasteiger partial charge >= 0.3 is 0 Å². The van der Waals surface area contributed by atoms with Gasteiger partial charge in [-0.2, -0.15) is 0 Å². The van der Waals surface area contributed by atoms with Crippen molar-refractivity contribution in [3.63, 3.8) is 0 Å². The fourth-order valence-corrected chi connectivity index (χ4v) is 1.72. The number of rotatable bonds is 4. The molecule has 0 saturated heterocycles. The summed E-state index contributed by atoms with van der Waals surface area (Å²) in [5.41, 5.74) is 0.0925. The third kappa shape index (κ3) is 2.32. The fourth-order valence-electron chi connectivity index (χ4n) is 1.72. The zero-order chi connectivity index (χ0) is 11.8. The van der Waals surface area contributed by atoms with Crippen molar-refractivity contribution in [1.82, 2.24) is 0 Å². The van der Waals surface area contributed by atoms with Crippen LogP contribution in [0.2, 0.25) is 0 Å². The summed E-state index contributed by atoms with van der Waals surface area (Å²) in [7, 11) is 1.45. The molecule has 1 aliphatic rings. The highest BCUT2D eigenvalue weighted by molar-refractivity contribution is 5.39. The number of hydrogen-bond donors (Lipinski definition) is 1. The first-order chi connectivity index (χ1) is 7.54. The highest BCUT2D eigenvalue weighted by Gasteiger charge is 2.40. The second kappa shape index (κ2) is 4.01. The van der Waals surface area contributed by atoms with Crippen LogP contribution in [0.5, 0.6) is 5.75 Å². The van der Waals surface area contributed by atoms with E-state index in [2.05, 4.69) is 0 Å². The molecule has 0 aliphatic heterocycles. The van der Waals surface area contributed by atoms with Crippen molar-refractivity contribution in [3.8, 4) is 5.75 Å². The Kier molecular flexibility index (Phi) is 2.84. The second-order valence-electron chi connectivity index (χ2n) is 4.27. The van der Waals surface area contributed by atoms with Crippen molar-refractivity contribution in [2.24, 2.45) is 0 Å². The molecular weight excluding hydrogens is 214 g/mol. The Hall–Kier alpha value is -1.16. The molecule has 1 N–H and O–H groups in total. The molecule has 2 rings (SSSR count). The lowest BCUT2D eigenvalue weighted by Gasteiger charge is -2.13. The molecule has 4 heteroatoms. The summed E-state index contributed by atoms with van der Waals surface area (Å²) < 4.78 is 30.0. The van der Waals surface area contributed by atoms with Crippen LogP contribution in [0.1, 0.15) is 30.4 Å². The van der Waals surface area contributed by atoms with Gasteiger partial charge in [0.2, 0.25) is 0 Å². The predicted octanol–water partition coefficient (Wildman–Crippen LogP) is 2.70. The summed E-state index contributed by atoms with van der Waals surface area (Å²) in [4.78, 5) is 0. The Balaban J connectivity index is 2.24. The van der Waals surface area contributed by atoms with Gasteiger partial charge in [0.15, 0.2) is 0 Å². The van der Waals surface area contributed by atoms with Crippen LogP contribution in [0, 0.1) is 0 Å². The first kappa shape index (κ1) is 11.3. The Morgan fingerprint density at radius 1 is 1.44 bits per heavy atom. The summed E-state index contributed by atoms with van der Waals surface area (Å²) in [6, 6.07) is 4.33. The van der Waals surface area contributed by atoms with Crippen LogP contribution >= 0.6 is 0 Å². The average molecular weight is 228 g/mol. The second-order valence-corrected chi connectivity index (χ2v) is 4.27. The predicted molar refractivity (Wildman–Crippen MR) is 55.8 cm³/mol. The molecular formula is C12H14F2O2. The van der Waals surface area contributed by atoms with Gasteiger partial charge in [-0.25, -0.2) is 8.78 Å². The number of hydrogen-bond acceptors (Lipinski definition) is 2. The summed E-state index contributed by atoms with van der Waals surface area (Å²) in [5, 5.41) is 9.78. The monoisotopic (exact) mass is 228 g/mol. The van der Waals surface area contributed by atoms with Crippen molar-refractivity contribution in [2.45, 2.75) is 31.3 Å². The van der Waals surface area contributed by atoms with Crippen LogP contribution in [0.15, 0.2) is 18.2 Å². The van der Waals surface area contributed by atoms with Gasteiger partial charge in [0.25, 0.3) is 6.43 Å². The van der Waals surface area contributed by atoms with Gasteiger partial charge in [0, 0.05) is 12.0 Å². The van der Waals surface area contributed by atoms with E-state index in [0.29, 0.717) is 12.2 Å². The van der Waals surface area contributed by atoms with Gasteiger partial charge in [-0.05, 0) is 24.5 Å². The van der Waals surface area contributed by atoms with Crippen LogP contribution in [0.3, 0.4) is 0 Å². The minimum Gasteiger partial charge on any atom is -0.496 e. The van der Waals surface area contributed by atoms with Crippen molar-refractivity contribution < 1.29 is 18.6 Å². The van der Waals surface area contributed by atoms with Gasteiger partial charge in [-0.1, -0.05) is 12.1 Å². The SMILES string of the molecule is COc1cc(C(F)F)ccc1CC1(O)CC1. The molecule has 0 aromatic heterocycles. The van der Waals surface area contributed by atoms with Crippen LogP contribution in [0.25, 0.3) is 0 Å². The maximum absolute atomic E-state index is 12.5. The van der Waals surface area contributed by atoms with Gasteiger partial charge in [-0.3, -0.25) is 0 Å². The Bertz CT molecular complexity index is 387. The van der Waals surface area contributed by atoms with E-state index in [9.17, 15) is 13.9 Å². The van der Waals surface area contributed by atoms with Crippen molar-refractivity contribution >= 4 is 0 Å². The molecule has 0 heterocycles. The van der Waals surface area contributed by atoms with E-state index in [1.54, 1.807) is 6.07 Å². The molecule has 1 aromatic rings. The molecule has 0 spiro atoms. The first-order valence-corrected chi connectivity index (χ1v) is 5.21. The molecule has 1 aromatic carbocycles. The number of alkyl halides is 2. The highest BCUT2D eigenvalue weighted by atomic mass is 19.3. The number of benzene rings is 1. The molecule has 0 radical (unpaired) electrons. The quantitative estimate of drug-likeness (QED) is 0.858. The van der Waals surface area contributed by atoms with E-state index in [1.807, 2.05) is 0 Å². The molecule has 88 valence electrons. The Morgan fingerprint density at radius 3 is 2.62 bits per heavy atom. The number of aliphatic hydroxyl groups is 1. The minimum atomic E-state index is -2.49. The van der Waals surface area contributed by atoms with E-state index in [0.717, 1.165) is 18.4 Å². The van der Waals surface area contributed by atoms with Gasteiger partial charge in [-0.15, -0.1) is 0 Å². The number of halogens is 2. The van der Waals surface area contributed by atoms with Crippen LogP contribution in [-0.4, -0.2) is 17.8 Å². The van der Waals surface area contributed by atoms with E-state index >= 15 is 0 Å². The van der Waals surface area contributed by atoms with E-state index < -0.39 is 12.0 Å². The third-order valence-electron chi connectivity index (χ3n) is 2.91. The largest absolute Gasteiger partial charge is 0.496 e. The van der Waals surface area contributed by atoms with E-state index in [1.165, 1.54) is 19.2 Å². The van der Waals surface area contributed by atoms with Crippen molar-refractivity contribution in [1.29, 1.82) is 0 Å². The average Bonchev–Trinajstić information content (AvgIpc) is 2.96. The zero-order valence-corrected chi connectivity index (χ0v) is 9.04. The summed E-state index contributed by atoms with van der Waals surface area (Å²) >= 11 is 0. The maximum Gasteiger partial charge on any atom is 0.263 e. The molecule has 1 aliphatic carbocycles.